The van der Waals surface area contributed by atoms with Crippen LogP contribution in [0.2, 0.25) is 0 Å². The largest absolute Gasteiger partial charge is 0.397 e. The van der Waals surface area contributed by atoms with Gasteiger partial charge in [0.05, 0.1) is 11.4 Å². The van der Waals surface area contributed by atoms with E-state index in [1.165, 1.54) is 19.3 Å². The molecule has 0 bridgehead atoms. The quantitative estimate of drug-likeness (QED) is 0.742. The maximum absolute atomic E-state index is 11.5. The maximum atomic E-state index is 11.5. The van der Waals surface area contributed by atoms with Crippen LogP contribution in [0.15, 0.2) is 12.1 Å². The van der Waals surface area contributed by atoms with Gasteiger partial charge in [0.15, 0.2) is 0 Å². The first kappa shape index (κ1) is 14.2. The van der Waals surface area contributed by atoms with E-state index in [0.717, 1.165) is 35.6 Å². The normalized spacial score (nSPS) is 19.7. The summed E-state index contributed by atoms with van der Waals surface area (Å²) in [5.74, 6) is 0.0852. The minimum atomic E-state index is 0.0852. The Kier molecular flexibility index (Phi) is 3.53. The summed E-state index contributed by atoms with van der Waals surface area (Å²) in [6.45, 7) is 0.886. The van der Waals surface area contributed by atoms with Gasteiger partial charge >= 0.3 is 0 Å². The number of amides is 1. The molecule has 0 radical (unpaired) electrons. The number of hydrogen-bond donors (Lipinski definition) is 3. The van der Waals surface area contributed by atoms with Gasteiger partial charge in [-0.2, -0.15) is 0 Å². The highest BCUT2D eigenvalue weighted by molar-refractivity contribution is 5.95. The van der Waals surface area contributed by atoms with Gasteiger partial charge in [-0.1, -0.05) is 0 Å². The molecule has 1 aliphatic carbocycles. The summed E-state index contributed by atoms with van der Waals surface area (Å²) in [4.78, 5) is 13.8. The fraction of sp³-hybridized carbons (Fsp3) is 0.562. The lowest BCUT2D eigenvalue weighted by atomic mass is 9.75. The molecular weight excluding hydrogens is 264 g/mol. The number of hydrogen-bond acceptors (Lipinski definition) is 4. The van der Waals surface area contributed by atoms with E-state index in [1.807, 2.05) is 12.1 Å². The molecule has 21 heavy (non-hydrogen) atoms. The SMILES string of the molecule is CN(C)C1(CNc2cc3c(cc2N)CCC(=O)N3)CCC1. The van der Waals surface area contributed by atoms with Crippen molar-refractivity contribution in [2.75, 3.05) is 37.0 Å². The standard InChI is InChI=1S/C16H24N4O/c1-20(2)16(6-3-7-16)10-18-14-9-13-11(8-12(14)17)4-5-15(21)19-13/h8-9,18H,3-7,10,17H2,1-2H3,(H,19,21). The van der Waals surface area contributed by atoms with Crippen LogP contribution in [0.25, 0.3) is 0 Å². The molecule has 3 rings (SSSR count). The zero-order valence-electron chi connectivity index (χ0n) is 12.8. The van der Waals surface area contributed by atoms with E-state index in [0.29, 0.717) is 6.42 Å². The van der Waals surface area contributed by atoms with Gasteiger partial charge in [0.25, 0.3) is 0 Å². The molecule has 0 spiro atoms. The van der Waals surface area contributed by atoms with Crippen molar-refractivity contribution >= 4 is 23.0 Å². The van der Waals surface area contributed by atoms with Gasteiger partial charge in [0.2, 0.25) is 5.91 Å². The summed E-state index contributed by atoms with van der Waals surface area (Å²) in [5.41, 5.74) is 10.1. The number of carbonyl (C=O) groups is 1. The highest BCUT2D eigenvalue weighted by atomic mass is 16.1. The third-order valence-electron chi connectivity index (χ3n) is 5.01. The van der Waals surface area contributed by atoms with E-state index in [-0.39, 0.29) is 11.4 Å². The number of nitrogens with two attached hydrogens (primary N) is 1. The second kappa shape index (κ2) is 5.22. The van der Waals surface area contributed by atoms with Crippen LogP contribution in [0.3, 0.4) is 0 Å². The van der Waals surface area contributed by atoms with Crippen LogP contribution >= 0.6 is 0 Å². The molecule has 0 aromatic heterocycles. The number of likely N-dealkylation sites (N-methyl/N-ethyl adjacent to an activating group) is 1. The number of nitrogens with zero attached hydrogens (tertiary/aromatic N) is 1. The molecule has 0 atom stereocenters. The van der Waals surface area contributed by atoms with Gasteiger partial charge in [-0.05, 0) is 57.5 Å². The first-order valence-corrected chi connectivity index (χ1v) is 7.64. The molecule has 5 nitrogen and oxygen atoms in total. The summed E-state index contributed by atoms with van der Waals surface area (Å²) >= 11 is 0. The van der Waals surface area contributed by atoms with Crippen LogP contribution in [0.5, 0.6) is 0 Å². The molecule has 5 heteroatoms. The fourth-order valence-corrected chi connectivity index (χ4v) is 3.23. The predicted molar refractivity (Wildman–Crippen MR) is 86.6 cm³/mol. The van der Waals surface area contributed by atoms with Gasteiger partial charge in [0.1, 0.15) is 0 Å². The second-order valence-corrected chi connectivity index (χ2v) is 6.47. The summed E-state index contributed by atoms with van der Waals surface area (Å²) in [6.07, 6.45) is 5.04. The zero-order chi connectivity index (χ0) is 15.0. The lowest BCUT2D eigenvalue weighted by Gasteiger charge is -2.47. The van der Waals surface area contributed by atoms with Crippen molar-refractivity contribution in [3.8, 4) is 0 Å². The highest BCUT2D eigenvalue weighted by Crippen LogP contribution is 2.37. The van der Waals surface area contributed by atoms with Gasteiger partial charge in [-0.3, -0.25) is 4.79 Å². The molecule has 1 aromatic rings. The number of nitrogens with one attached hydrogen (secondary N) is 2. The molecule has 0 saturated heterocycles. The second-order valence-electron chi connectivity index (χ2n) is 6.47. The molecule has 1 heterocycles. The average molecular weight is 288 g/mol. The Morgan fingerprint density at radius 3 is 2.71 bits per heavy atom. The number of rotatable bonds is 4. The number of carbonyl (C=O) groups excluding carboxylic acids is 1. The molecular formula is C16H24N4O. The first-order chi connectivity index (χ1) is 10.00. The van der Waals surface area contributed by atoms with Crippen LogP contribution in [-0.2, 0) is 11.2 Å². The summed E-state index contributed by atoms with van der Waals surface area (Å²) < 4.78 is 0. The molecule has 1 fully saturated rings. The van der Waals surface area contributed by atoms with E-state index in [1.54, 1.807) is 0 Å². The average Bonchev–Trinajstić information content (AvgIpc) is 2.38. The van der Waals surface area contributed by atoms with Crippen molar-refractivity contribution in [3.63, 3.8) is 0 Å². The molecule has 1 saturated carbocycles. The number of aryl methyl sites for hydroxylation is 1. The van der Waals surface area contributed by atoms with Crippen molar-refractivity contribution in [1.82, 2.24) is 4.90 Å². The highest BCUT2D eigenvalue weighted by Gasteiger charge is 2.38. The van der Waals surface area contributed by atoms with Crippen LogP contribution in [0.4, 0.5) is 17.1 Å². The molecule has 1 aromatic carbocycles. The minimum Gasteiger partial charge on any atom is -0.397 e. The van der Waals surface area contributed by atoms with E-state index in [9.17, 15) is 4.79 Å². The van der Waals surface area contributed by atoms with E-state index < -0.39 is 0 Å². The van der Waals surface area contributed by atoms with Crippen molar-refractivity contribution < 1.29 is 4.79 Å². The summed E-state index contributed by atoms with van der Waals surface area (Å²) in [6, 6.07) is 3.96. The number of nitrogen functional groups attached to an aromatic ring is 1. The number of fused-ring (bicyclic) bond motifs is 1. The smallest absolute Gasteiger partial charge is 0.224 e. The van der Waals surface area contributed by atoms with Crippen molar-refractivity contribution in [2.45, 2.75) is 37.6 Å². The fourth-order valence-electron chi connectivity index (χ4n) is 3.23. The van der Waals surface area contributed by atoms with Crippen molar-refractivity contribution in [1.29, 1.82) is 0 Å². The van der Waals surface area contributed by atoms with Crippen LogP contribution in [0, 0.1) is 0 Å². The Balaban J connectivity index is 1.76. The van der Waals surface area contributed by atoms with E-state index in [2.05, 4.69) is 29.6 Å². The number of benzene rings is 1. The minimum absolute atomic E-state index is 0.0852. The summed E-state index contributed by atoms with van der Waals surface area (Å²) in [7, 11) is 4.27. The van der Waals surface area contributed by atoms with E-state index >= 15 is 0 Å². The summed E-state index contributed by atoms with van der Waals surface area (Å²) in [5, 5.41) is 6.41. The molecule has 4 N–H and O–H groups in total. The Bertz CT molecular complexity index is 564. The number of anilines is 3. The maximum Gasteiger partial charge on any atom is 0.224 e. The predicted octanol–water partition coefficient (Wildman–Crippen LogP) is 2.05. The Labute approximate surface area is 125 Å². The van der Waals surface area contributed by atoms with Crippen LogP contribution < -0.4 is 16.4 Å². The van der Waals surface area contributed by atoms with Crippen LogP contribution in [0.1, 0.15) is 31.2 Å². The van der Waals surface area contributed by atoms with Crippen molar-refractivity contribution in [3.05, 3.63) is 17.7 Å². The lowest BCUT2D eigenvalue weighted by Crippen LogP contribution is -2.54. The lowest BCUT2D eigenvalue weighted by molar-refractivity contribution is -0.116. The van der Waals surface area contributed by atoms with Crippen LogP contribution in [-0.4, -0.2) is 37.0 Å². The topological polar surface area (TPSA) is 70.4 Å². The monoisotopic (exact) mass is 288 g/mol. The zero-order valence-corrected chi connectivity index (χ0v) is 12.8. The van der Waals surface area contributed by atoms with Crippen molar-refractivity contribution in [2.24, 2.45) is 0 Å². The molecule has 1 amide bonds. The van der Waals surface area contributed by atoms with Gasteiger partial charge in [-0.25, -0.2) is 0 Å². The molecule has 0 unspecified atom stereocenters. The first-order valence-electron chi connectivity index (χ1n) is 7.64. The third kappa shape index (κ3) is 2.58. The van der Waals surface area contributed by atoms with Gasteiger partial charge in [0, 0.05) is 24.2 Å². The van der Waals surface area contributed by atoms with E-state index in [4.69, 9.17) is 5.73 Å². The van der Waals surface area contributed by atoms with Gasteiger partial charge in [-0.15, -0.1) is 0 Å². The Hall–Kier alpha value is -1.75. The van der Waals surface area contributed by atoms with Gasteiger partial charge < -0.3 is 21.3 Å². The molecule has 2 aliphatic rings. The third-order valence-corrected chi connectivity index (χ3v) is 5.01. The molecule has 114 valence electrons. The molecule has 1 aliphatic heterocycles. The Morgan fingerprint density at radius 1 is 1.33 bits per heavy atom. The Morgan fingerprint density at radius 2 is 2.10 bits per heavy atom.